The summed E-state index contributed by atoms with van der Waals surface area (Å²) in [4.78, 5) is 14.7. The van der Waals surface area contributed by atoms with Gasteiger partial charge >= 0.3 is 0 Å². The van der Waals surface area contributed by atoms with Crippen molar-refractivity contribution in [3.63, 3.8) is 0 Å². The smallest absolute Gasteiger partial charge is 0.226 e. The van der Waals surface area contributed by atoms with E-state index in [9.17, 15) is 9.18 Å². The Morgan fingerprint density at radius 2 is 1.78 bits per heavy atom. The largest absolute Gasteiger partial charge is 0.490 e. The van der Waals surface area contributed by atoms with Crippen LogP contribution in [0.25, 0.3) is 0 Å². The molecule has 2 atom stereocenters. The van der Waals surface area contributed by atoms with E-state index in [1.54, 1.807) is 12.1 Å². The lowest BCUT2D eigenvalue weighted by molar-refractivity contribution is -0.135. The van der Waals surface area contributed by atoms with Gasteiger partial charge < -0.3 is 9.64 Å². The average molecular weight is 317 g/mol. The zero-order valence-electron chi connectivity index (χ0n) is 13.4. The van der Waals surface area contributed by atoms with Crippen molar-refractivity contribution < 1.29 is 13.9 Å². The van der Waals surface area contributed by atoms with Crippen molar-refractivity contribution in [2.75, 3.05) is 13.1 Å². The number of nitrogens with zero attached hydrogens (tertiary/aromatic N) is 1. The van der Waals surface area contributed by atoms with Gasteiger partial charge in [0.25, 0.3) is 0 Å². The average Bonchev–Trinajstić information content (AvgIpc) is 3.29. The minimum absolute atomic E-state index is 0.0855. The van der Waals surface area contributed by atoms with Gasteiger partial charge in [0.1, 0.15) is 17.7 Å². The molecule has 2 aliphatic carbocycles. The molecule has 3 aliphatic rings. The van der Waals surface area contributed by atoms with E-state index in [1.807, 2.05) is 4.90 Å². The Morgan fingerprint density at radius 1 is 1.09 bits per heavy atom. The second-order valence-corrected chi connectivity index (χ2v) is 7.24. The highest BCUT2D eigenvalue weighted by atomic mass is 19.1. The van der Waals surface area contributed by atoms with Gasteiger partial charge in [0, 0.05) is 37.9 Å². The van der Waals surface area contributed by atoms with Crippen LogP contribution in [0.5, 0.6) is 5.75 Å². The van der Waals surface area contributed by atoms with Gasteiger partial charge in [-0.25, -0.2) is 4.39 Å². The predicted octanol–water partition coefficient (Wildman–Crippen LogP) is 3.63. The molecule has 2 saturated carbocycles. The first kappa shape index (κ1) is 15.0. The second-order valence-electron chi connectivity index (χ2n) is 7.24. The van der Waals surface area contributed by atoms with E-state index in [0.29, 0.717) is 29.4 Å². The van der Waals surface area contributed by atoms with E-state index in [0.717, 1.165) is 25.9 Å². The summed E-state index contributed by atoms with van der Waals surface area (Å²) in [6, 6.07) is 6.29. The monoisotopic (exact) mass is 317 g/mol. The number of fused-ring (bicyclic) bond motifs is 1. The second kappa shape index (κ2) is 6.14. The molecule has 4 heteroatoms. The van der Waals surface area contributed by atoms with Crippen LogP contribution in [0.4, 0.5) is 4.39 Å². The zero-order chi connectivity index (χ0) is 15.8. The Labute approximate surface area is 136 Å². The van der Waals surface area contributed by atoms with Crippen molar-refractivity contribution in [1.82, 2.24) is 4.90 Å². The van der Waals surface area contributed by atoms with Crippen LogP contribution in [-0.4, -0.2) is 30.0 Å². The fourth-order valence-corrected chi connectivity index (χ4v) is 4.50. The molecule has 1 aromatic rings. The molecule has 4 rings (SSSR count). The first-order chi connectivity index (χ1) is 11.2. The highest BCUT2D eigenvalue weighted by Gasteiger charge is 2.55. The number of likely N-dealkylation sites (tertiary alicyclic amines) is 1. The Kier molecular flexibility index (Phi) is 4.00. The quantitative estimate of drug-likeness (QED) is 0.852. The topological polar surface area (TPSA) is 29.5 Å². The fraction of sp³-hybridized carbons (Fsp3) is 0.632. The van der Waals surface area contributed by atoms with Gasteiger partial charge in [-0.1, -0.05) is 18.9 Å². The molecular weight excluding hydrogens is 293 g/mol. The van der Waals surface area contributed by atoms with E-state index in [-0.39, 0.29) is 11.9 Å². The first-order valence-corrected chi connectivity index (χ1v) is 8.93. The molecule has 0 bridgehead atoms. The number of hydrogen-bond donors (Lipinski definition) is 0. The van der Waals surface area contributed by atoms with Gasteiger partial charge in [-0.2, -0.15) is 0 Å². The van der Waals surface area contributed by atoms with Crippen molar-refractivity contribution in [2.24, 2.45) is 17.8 Å². The summed E-state index contributed by atoms with van der Waals surface area (Å²) in [6.07, 6.45) is 6.86. The van der Waals surface area contributed by atoms with Crippen molar-refractivity contribution in [2.45, 2.75) is 44.6 Å². The number of carbonyl (C=O) groups is 1. The lowest BCUT2D eigenvalue weighted by Crippen LogP contribution is -2.42. The normalized spacial score (nSPS) is 30.7. The maximum absolute atomic E-state index is 13.2. The number of amides is 1. The minimum Gasteiger partial charge on any atom is -0.490 e. The molecule has 0 aromatic heterocycles. The predicted molar refractivity (Wildman–Crippen MR) is 85.6 cm³/mol. The molecule has 3 nitrogen and oxygen atoms in total. The van der Waals surface area contributed by atoms with Gasteiger partial charge in [-0.15, -0.1) is 0 Å². The van der Waals surface area contributed by atoms with Crippen LogP contribution in [0.15, 0.2) is 24.3 Å². The Morgan fingerprint density at radius 3 is 2.43 bits per heavy atom. The number of carbonyl (C=O) groups excluding carboxylic acids is 1. The van der Waals surface area contributed by atoms with Gasteiger partial charge in [0.05, 0.1) is 0 Å². The third-order valence-electron chi connectivity index (χ3n) is 5.79. The number of rotatable bonds is 3. The summed E-state index contributed by atoms with van der Waals surface area (Å²) >= 11 is 0. The molecule has 1 saturated heterocycles. The summed E-state index contributed by atoms with van der Waals surface area (Å²) in [5.41, 5.74) is 0. The fourth-order valence-electron chi connectivity index (χ4n) is 4.50. The lowest BCUT2D eigenvalue weighted by atomic mass is 10.0. The third-order valence-corrected chi connectivity index (χ3v) is 5.79. The molecule has 1 aromatic carbocycles. The van der Waals surface area contributed by atoms with E-state index < -0.39 is 0 Å². The Balaban J connectivity index is 1.28. The first-order valence-electron chi connectivity index (χ1n) is 8.93. The van der Waals surface area contributed by atoms with Gasteiger partial charge in [0.15, 0.2) is 0 Å². The van der Waals surface area contributed by atoms with Crippen molar-refractivity contribution in [1.29, 1.82) is 0 Å². The number of piperidine rings is 1. The number of hydrogen-bond acceptors (Lipinski definition) is 2. The summed E-state index contributed by atoms with van der Waals surface area (Å²) < 4.78 is 19.1. The molecule has 1 aliphatic heterocycles. The van der Waals surface area contributed by atoms with Crippen molar-refractivity contribution >= 4 is 5.91 Å². The zero-order valence-corrected chi connectivity index (χ0v) is 13.4. The van der Waals surface area contributed by atoms with Gasteiger partial charge in [0.2, 0.25) is 5.91 Å². The molecule has 1 amide bonds. The summed E-state index contributed by atoms with van der Waals surface area (Å²) in [7, 11) is 0. The third kappa shape index (κ3) is 3.08. The van der Waals surface area contributed by atoms with Crippen LogP contribution in [0, 0.1) is 23.6 Å². The molecule has 124 valence electrons. The molecule has 0 spiro atoms. The SMILES string of the molecule is O=C(C1C2CCCCC21)N1CCC(Oc2cccc(F)c2)CC1. The van der Waals surface area contributed by atoms with Crippen LogP contribution in [0.1, 0.15) is 38.5 Å². The van der Waals surface area contributed by atoms with E-state index in [4.69, 9.17) is 4.74 Å². The van der Waals surface area contributed by atoms with Crippen LogP contribution in [0.2, 0.25) is 0 Å². The molecule has 2 unspecified atom stereocenters. The van der Waals surface area contributed by atoms with Crippen LogP contribution < -0.4 is 4.74 Å². The summed E-state index contributed by atoms with van der Waals surface area (Å²) in [6.45, 7) is 1.55. The Bertz CT molecular complexity index is 570. The van der Waals surface area contributed by atoms with Crippen LogP contribution in [-0.2, 0) is 4.79 Å². The summed E-state index contributed by atoms with van der Waals surface area (Å²) in [5.74, 6) is 2.37. The molecule has 1 heterocycles. The molecule has 0 N–H and O–H groups in total. The highest BCUT2D eigenvalue weighted by Crippen LogP contribution is 2.56. The van der Waals surface area contributed by atoms with E-state index >= 15 is 0 Å². The molecule has 0 radical (unpaired) electrons. The van der Waals surface area contributed by atoms with Crippen molar-refractivity contribution in [3.8, 4) is 5.75 Å². The van der Waals surface area contributed by atoms with Gasteiger partial charge in [-0.05, 0) is 36.8 Å². The maximum atomic E-state index is 13.2. The number of ether oxygens (including phenoxy) is 1. The van der Waals surface area contributed by atoms with E-state index in [2.05, 4.69) is 0 Å². The highest BCUT2D eigenvalue weighted by molar-refractivity contribution is 5.82. The van der Waals surface area contributed by atoms with Crippen LogP contribution in [0.3, 0.4) is 0 Å². The summed E-state index contributed by atoms with van der Waals surface area (Å²) in [5, 5.41) is 0. The molecule has 3 fully saturated rings. The minimum atomic E-state index is -0.272. The van der Waals surface area contributed by atoms with Crippen molar-refractivity contribution in [3.05, 3.63) is 30.1 Å². The molecule has 23 heavy (non-hydrogen) atoms. The maximum Gasteiger partial charge on any atom is 0.226 e. The van der Waals surface area contributed by atoms with Crippen LogP contribution >= 0.6 is 0 Å². The lowest BCUT2D eigenvalue weighted by Gasteiger charge is -2.32. The molecular formula is C19H24FNO2. The van der Waals surface area contributed by atoms with E-state index in [1.165, 1.54) is 37.8 Å². The number of halogens is 1. The Hall–Kier alpha value is -1.58. The number of benzene rings is 1. The standard InChI is InChI=1S/C19H24FNO2/c20-13-4-3-5-15(12-13)23-14-8-10-21(11-9-14)19(22)18-16-6-1-2-7-17(16)18/h3-5,12,14,16-18H,1-2,6-11H2. The van der Waals surface area contributed by atoms with Gasteiger partial charge in [-0.3, -0.25) is 4.79 Å².